The summed E-state index contributed by atoms with van der Waals surface area (Å²) in [6, 6.07) is 44.3. The van der Waals surface area contributed by atoms with Gasteiger partial charge in [-0.25, -0.2) is 13.9 Å². The van der Waals surface area contributed by atoms with Crippen LogP contribution >= 0.6 is 8.53 Å². The van der Waals surface area contributed by atoms with E-state index in [1.807, 2.05) is 111 Å². The lowest BCUT2D eigenvalue weighted by molar-refractivity contribution is -0.275. The van der Waals surface area contributed by atoms with Gasteiger partial charge in [0.25, 0.3) is 14.4 Å². The highest BCUT2D eigenvalue weighted by atomic mass is 31.2. The molecule has 0 aliphatic carbocycles. The third kappa shape index (κ3) is 10.8. The van der Waals surface area contributed by atoms with Gasteiger partial charge >= 0.3 is 5.69 Å². The summed E-state index contributed by atoms with van der Waals surface area (Å²) in [5, 5.41) is 12.4. The van der Waals surface area contributed by atoms with Crippen LogP contribution in [-0.4, -0.2) is 89.7 Å². The van der Waals surface area contributed by atoms with Crippen molar-refractivity contribution < 1.29 is 41.9 Å². The normalized spacial score (nSPS) is 20.2. The van der Waals surface area contributed by atoms with Crippen molar-refractivity contribution in [2.24, 2.45) is 0 Å². The Labute approximate surface area is 426 Å². The average Bonchev–Trinajstić information content (AvgIpc) is 3.73. The summed E-state index contributed by atoms with van der Waals surface area (Å²) in [7, 11) is -0.390. The minimum atomic E-state index is -1.96. The van der Waals surface area contributed by atoms with Gasteiger partial charge in [0.15, 0.2) is 17.6 Å². The number of amides is 1. The molecule has 3 aliphatic heterocycles. The third-order valence-corrected chi connectivity index (χ3v) is 15.5. The van der Waals surface area contributed by atoms with Crippen molar-refractivity contribution in [3.05, 3.63) is 184 Å². The van der Waals surface area contributed by atoms with Gasteiger partial charge in [0.1, 0.15) is 41.4 Å². The Bertz CT molecular complexity index is 2880. The summed E-state index contributed by atoms with van der Waals surface area (Å²) >= 11 is 0. The number of methoxy groups -OCH3 is 1. The molecule has 3 aliphatic rings. The van der Waals surface area contributed by atoms with Crippen LogP contribution in [-0.2, 0) is 33.6 Å². The molecule has 2 saturated heterocycles. The predicted octanol–water partition coefficient (Wildman–Crippen LogP) is 10.3. The number of aromatic nitrogens is 2. The van der Waals surface area contributed by atoms with E-state index in [4.69, 9.17) is 32.7 Å². The van der Waals surface area contributed by atoms with Gasteiger partial charge in [0.2, 0.25) is 0 Å². The van der Waals surface area contributed by atoms with Gasteiger partial charge in [0.05, 0.1) is 31.4 Å². The number of anilines is 2. The second-order valence-electron chi connectivity index (χ2n) is 18.6. The fraction of sp³-hybridized carbons (Fsp3) is 0.357. The Kier molecular flexibility index (Phi) is 16.1. The van der Waals surface area contributed by atoms with Crippen molar-refractivity contribution in [3.63, 3.8) is 0 Å². The number of carbonyl (C=O) groups excluding carboxylic acids is 1. The highest BCUT2D eigenvalue weighted by Gasteiger charge is 2.55. The molecule has 5 aromatic carbocycles. The van der Waals surface area contributed by atoms with Crippen LogP contribution in [0.4, 0.5) is 15.9 Å². The van der Waals surface area contributed by atoms with Gasteiger partial charge in [-0.2, -0.15) is 10.2 Å². The molecule has 9 rings (SSSR count). The minimum Gasteiger partial charge on any atom is -0.457 e. The van der Waals surface area contributed by atoms with E-state index in [9.17, 15) is 14.9 Å². The molecule has 73 heavy (non-hydrogen) atoms. The molecule has 380 valence electrons. The first-order chi connectivity index (χ1) is 35.4. The van der Waals surface area contributed by atoms with Gasteiger partial charge in [-0.1, -0.05) is 97.1 Å². The number of rotatable bonds is 19. The number of hydrogen-bond acceptors (Lipinski definition) is 13. The smallest absolute Gasteiger partial charge is 0.351 e. The number of carbonyl (C=O) groups is 1. The Morgan fingerprint density at radius 1 is 0.863 bits per heavy atom. The maximum atomic E-state index is 15.2. The molecular formula is C56H60FN6O9P. The lowest BCUT2D eigenvalue weighted by atomic mass is 9.77. The maximum Gasteiger partial charge on any atom is 0.351 e. The standard InChI is InChI=1S/C56H60FN6O9P/c1-38(2)63(39(3)4)73(68-36-18-32-58)72-50-48(37-67-56(41-21-10-7-11-22-41)42-23-12-16-27-46(42)69-47-28-17-13-24-43(47)56)70-53(62-33-29-49(60-54(62)65)59-52(64)40-19-8-6-9-20-40)51(50)71-55(66-5)30-34-61(35-31-55)45-26-15-14-25-44(45)57/h6-17,19-29,33,38-39,48,50-51,53H,18,30-31,34-37H2,1-5H3,(H,59,60,64,65)/t48-,50-,51-,53-,73?/m1/s1. The quantitative estimate of drug-likeness (QED) is 0.0465. The number of nitriles is 1. The van der Waals surface area contributed by atoms with Crippen LogP contribution in [0, 0.1) is 17.1 Å². The van der Waals surface area contributed by atoms with Crippen LogP contribution in [0.25, 0.3) is 0 Å². The lowest BCUT2D eigenvalue weighted by Gasteiger charge is -2.44. The van der Waals surface area contributed by atoms with Crippen LogP contribution < -0.4 is 20.6 Å². The molecule has 17 heteroatoms. The van der Waals surface area contributed by atoms with E-state index in [0.29, 0.717) is 48.7 Å². The van der Waals surface area contributed by atoms with Crippen molar-refractivity contribution in [2.45, 2.75) is 95.0 Å². The molecule has 1 amide bonds. The molecule has 5 atom stereocenters. The summed E-state index contributed by atoms with van der Waals surface area (Å²) < 4.78 is 67.4. The summed E-state index contributed by atoms with van der Waals surface area (Å²) in [5.41, 5.74) is 1.24. The molecule has 0 radical (unpaired) electrons. The van der Waals surface area contributed by atoms with Crippen molar-refractivity contribution in [1.29, 1.82) is 5.26 Å². The number of para-hydroxylation sites is 3. The molecule has 1 unspecified atom stereocenters. The van der Waals surface area contributed by atoms with Crippen LogP contribution in [0.5, 0.6) is 11.5 Å². The van der Waals surface area contributed by atoms with E-state index < -0.39 is 56.1 Å². The molecule has 4 heterocycles. The summed E-state index contributed by atoms with van der Waals surface area (Å²) in [6.07, 6.45) is -2.15. The summed E-state index contributed by atoms with van der Waals surface area (Å²) in [5.74, 6) is -0.792. The van der Waals surface area contributed by atoms with Gasteiger partial charge in [-0.05, 0) is 75.7 Å². The fourth-order valence-electron chi connectivity index (χ4n) is 9.97. The number of nitrogens with zero attached hydrogens (tertiary/aromatic N) is 5. The third-order valence-electron chi connectivity index (χ3n) is 13.4. The molecule has 0 bridgehead atoms. The first kappa shape index (κ1) is 51.5. The van der Waals surface area contributed by atoms with E-state index in [2.05, 4.69) is 21.0 Å². The van der Waals surface area contributed by atoms with Crippen molar-refractivity contribution in [3.8, 4) is 17.6 Å². The molecule has 6 aromatic rings. The molecular weight excluding hydrogens is 951 g/mol. The van der Waals surface area contributed by atoms with Gasteiger partial charge in [0, 0.05) is 68.0 Å². The van der Waals surface area contributed by atoms with Crippen LogP contribution in [0.3, 0.4) is 0 Å². The van der Waals surface area contributed by atoms with Crippen LogP contribution in [0.15, 0.2) is 151 Å². The zero-order chi connectivity index (χ0) is 51.1. The van der Waals surface area contributed by atoms with Crippen molar-refractivity contribution in [1.82, 2.24) is 14.2 Å². The van der Waals surface area contributed by atoms with E-state index >= 15 is 4.39 Å². The van der Waals surface area contributed by atoms with E-state index in [-0.39, 0.29) is 43.4 Å². The number of fused-ring (bicyclic) bond motifs is 2. The van der Waals surface area contributed by atoms with E-state index in [1.54, 1.807) is 55.6 Å². The molecule has 2 fully saturated rings. The zero-order valence-corrected chi connectivity index (χ0v) is 42.4. The van der Waals surface area contributed by atoms with Crippen molar-refractivity contribution >= 4 is 25.9 Å². The molecule has 0 saturated carbocycles. The zero-order valence-electron chi connectivity index (χ0n) is 41.5. The fourth-order valence-corrected chi connectivity index (χ4v) is 11.7. The Morgan fingerprint density at radius 2 is 1.48 bits per heavy atom. The topological polar surface area (TPSA) is 159 Å². The molecule has 1 aromatic heterocycles. The lowest BCUT2D eigenvalue weighted by Crippen LogP contribution is -2.53. The Balaban J connectivity index is 1.16. The second-order valence-corrected chi connectivity index (χ2v) is 20.0. The SMILES string of the molecule is COC1(O[C@@H]2[C@H](OP(OCCC#N)N(C(C)C)C(C)C)[C@@H](COC3(c4ccccc4)c4ccccc4Oc4ccccc43)O[C@H]2n2ccc(NC(=O)c3ccccc3)nc2=O)CCN(c2ccccc2F)CC1. The number of halogens is 1. The van der Waals surface area contributed by atoms with Gasteiger partial charge in [-0.15, -0.1) is 0 Å². The molecule has 15 nitrogen and oxygen atoms in total. The number of ether oxygens (including phenoxy) is 5. The highest BCUT2D eigenvalue weighted by molar-refractivity contribution is 7.44. The summed E-state index contributed by atoms with van der Waals surface area (Å²) in [4.78, 5) is 34.1. The number of piperidine rings is 1. The molecule has 0 spiro atoms. The maximum absolute atomic E-state index is 15.2. The number of hydrogen-bond donors (Lipinski definition) is 1. The number of nitrogens with one attached hydrogen (secondary N) is 1. The first-order valence-electron chi connectivity index (χ1n) is 24.6. The second kappa shape index (κ2) is 22.8. The van der Waals surface area contributed by atoms with Gasteiger partial charge < -0.3 is 42.9 Å². The minimum absolute atomic E-state index is 0.0349. The van der Waals surface area contributed by atoms with Gasteiger partial charge in [-0.3, -0.25) is 9.36 Å². The summed E-state index contributed by atoms with van der Waals surface area (Å²) in [6.45, 7) is 8.90. The van der Waals surface area contributed by atoms with E-state index in [1.165, 1.54) is 22.9 Å². The van der Waals surface area contributed by atoms with E-state index in [0.717, 1.165) is 16.7 Å². The monoisotopic (exact) mass is 1010 g/mol. The number of benzene rings is 5. The molecule has 1 N–H and O–H groups in total. The average molecular weight is 1010 g/mol. The first-order valence-corrected chi connectivity index (χ1v) is 25.7. The Hall–Kier alpha value is -6.38. The predicted molar refractivity (Wildman–Crippen MR) is 275 cm³/mol. The van der Waals surface area contributed by atoms with Crippen LogP contribution in [0.2, 0.25) is 0 Å². The van der Waals surface area contributed by atoms with Crippen LogP contribution in [0.1, 0.15) is 80.2 Å². The Morgan fingerprint density at radius 3 is 2.10 bits per heavy atom. The largest absolute Gasteiger partial charge is 0.457 e. The highest BCUT2D eigenvalue weighted by Crippen LogP contribution is 2.55. The van der Waals surface area contributed by atoms with Crippen molar-refractivity contribution in [2.75, 3.05) is 43.6 Å².